The molecule has 0 saturated carbocycles. The van der Waals surface area contributed by atoms with Crippen LogP contribution in [0.2, 0.25) is 0 Å². The van der Waals surface area contributed by atoms with E-state index in [-0.39, 0.29) is 23.1 Å². The van der Waals surface area contributed by atoms with Crippen LogP contribution in [0.25, 0.3) is 11.5 Å². The number of aromatic nitrogens is 1. The van der Waals surface area contributed by atoms with Crippen molar-refractivity contribution < 1.29 is 9.21 Å². The van der Waals surface area contributed by atoms with Crippen LogP contribution in [0.15, 0.2) is 57.3 Å². The summed E-state index contributed by atoms with van der Waals surface area (Å²) in [7, 11) is 0. The first-order valence-electron chi connectivity index (χ1n) is 7.85. The minimum Gasteiger partial charge on any atom is -0.463 e. The summed E-state index contributed by atoms with van der Waals surface area (Å²) in [5.74, 6) is 0.363. The lowest BCUT2D eigenvalue weighted by molar-refractivity contribution is 0.0736. The van der Waals surface area contributed by atoms with Crippen molar-refractivity contribution >= 4 is 17.2 Å². The second kappa shape index (κ2) is 6.13. The van der Waals surface area contributed by atoms with Crippen LogP contribution in [0.4, 0.5) is 0 Å². The lowest BCUT2D eigenvalue weighted by atomic mass is 10.1. The molecule has 1 amide bonds. The van der Waals surface area contributed by atoms with Crippen molar-refractivity contribution in [1.29, 1.82) is 0 Å². The number of hydrogen-bond acceptors (Lipinski definition) is 4. The molecule has 0 unspecified atom stereocenters. The second-order valence-corrected chi connectivity index (χ2v) is 6.74. The molecule has 0 aliphatic carbocycles. The molecule has 1 aliphatic rings. The van der Waals surface area contributed by atoms with Gasteiger partial charge in [-0.05, 0) is 48.6 Å². The minimum absolute atomic E-state index is 0.0710. The van der Waals surface area contributed by atoms with Crippen LogP contribution in [-0.2, 0) is 0 Å². The summed E-state index contributed by atoms with van der Waals surface area (Å²) in [5.41, 5.74) is 0.359. The van der Waals surface area contributed by atoms with Gasteiger partial charge in [-0.3, -0.25) is 9.59 Å². The Hall–Kier alpha value is -2.60. The van der Waals surface area contributed by atoms with E-state index in [0.717, 1.165) is 12.8 Å². The van der Waals surface area contributed by atoms with Gasteiger partial charge in [0, 0.05) is 11.4 Å². The molecule has 1 atom stereocenters. The lowest BCUT2D eigenvalue weighted by Gasteiger charge is -2.23. The second-order valence-electron chi connectivity index (χ2n) is 5.76. The molecule has 122 valence electrons. The fraction of sp³-hybridized carbons (Fsp3) is 0.222. The highest BCUT2D eigenvalue weighted by atomic mass is 32.1. The maximum Gasteiger partial charge on any atom is 0.261 e. The van der Waals surface area contributed by atoms with Crippen LogP contribution in [0, 0.1) is 0 Å². The topological polar surface area (TPSA) is 66.3 Å². The molecule has 1 aliphatic heterocycles. The van der Waals surface area contributed by atoms with Crippen molar-refractivity contribution in [1.82, 2.24) is 9.88 Å². The normalized spacial score (nSPS) is 17.3. The van der Waals surface area contributed by atoms with Gasteiger partial charge in [0.1, 0.15) is 11.3 Å². The van der Waals surface area contributed by atoms with Crippen molar-refractivity contribution in [2.45, 2.75) is 18.9 Å². The highest BCUT2D eigenvalue weighted by Gasteiger charge is 2.32. The molecule has 0 spiro atoms. The van der Waals surface area contributed by atoms with E-state index in [4.69, 9.17) is 4.42 Å². The van der Waals surface area contributed by atoms with Crippen LogP contribution in [0.1, 0.15) is 34.1 Å². The minimum atomic E-state index is -0.384. The van der Waals surface area contributed by atoms with Gasteiger partial charge < -0.3 is 14.3 Å². The summed E-state index contributed by atoms with van der Waals surface area (Å²) in [6.07, 6.45) is 3.44. The molecule has 4 rings (SSSR count). The average molecular weight is 340 g/mol. The molecule has 4 heterocycles. The molecule has 0 bridgehead atoms. The van der Waals surface area contributed by atoms with Crippen molar-refractivity contribution in [3.63, 3.8) is 0 Å². The van der Waals surface area contributed by atoms with Crippen molar-refractivity contribution in [3.8, 4) is 11.5 Å². The fourth-order valence-electron chi connectivity index (χ4n) is 3.16. The number of thiophene rings is 1. The predicted molar refractivity (Wildman–Crippen MR) is 92.1 cm³/mol. The number of nitrogens with zero attached hydrogens (tertiary/aromatic N) is 1. The number of carbonyl (C=O) groups is 1. The van der Waals surface area contributed by atoms with Crippen LogP contribution < -0.4 is 5.56 Å². The molecule has 0 radical (unpaired) electrons. The summed E-state index contributed by atoms with van der Waals surface area (Å²) in [5, 5.41) is 2.02. The Labute approximate surface area is 142 Å². The Morgan fingerprint density at radius 1 is 1.25 bits per heavy atom. The number of carbonyl (C=O) groups excluding carboxylic acids is 1. The van der Waals surface area contributed by atoms with E-state index in [1.165, 1.54) is 4.88 Å². The van der Waals surface area contributed by atoms with Gasteiger partial charge in [0.05, 0.1) is 18.0 Å². The van der Waals surface area contributed by atoms with E-state index in [2.05, 4.69) is 4.98 Å². The number of aromatic amines is 1. The van der Waals surface area contributed by atoms with E-state index in [0.29, 0.717) is 18.0 Å². The molecular weight excluding hydrogens is 324 g/mol. The number of furan rings is 1. The molecule has 0 aromatic carbocycles. The molecule has 3 aromatic rings. The van der Waals surface area contributed by atoms with Crippen molar-refractivity contribution in [2.75, 3.05) is 6.54 Å². The maximum absolute atomic E-state index is 12.9. The smallest absolute Gasteiger partial charge is 0.261 e. The first-order chi connectivity index (χ1) is 11.7. The SMILES string of the molecule is O=C(c1ccc(-c2ccco2)[nH]c1=O)N1CCC[C@H]1c1cccs1. The molecular formula is C18H16N2O3S. The summed E-state index contributed by atoms with van der Waals surface area (Å²) in [6.45, 7) is 0.681. The van der Waals surface area contributed by atoms with E-state index < -0.39 is 0 Å². The molecule has 1 fully saturated rings. The fourth-order valence-corrected chi connectivity index (χ4v) is 4.03. The van der Waals surface area contributed by atoms with Gasteiger partial charge in [-0.2, -0.15) is 0 Å². The van der Waals surface area contributed by atoms with E-state index >= 15 is 0 Å². The standard InChI is InChI=1S/C18H16N2O3S/c21-17-12(7-8-13(19-17)15-5-2-10-23-15)18(22)20-9-1-4-14(20)16-6-3-11-24-16/h2-3,5-8,10-11,14H,1,4,9H2,(H,19,21)/t14-/m0/s1. The quantitative estimate of drug-likeness (QED) is 0.791. The average Bonchev–Trinajstić information content (AvgIpc) is 3.35. The largest absolute Gasteiger partial charge is 0.463 e. The molecule has 5 nitrogen and oxygen atoms in total. The number of pyridine rings is 1. The number of H-pyrrole nitrogens is 1. The van der Waals surface area contributed by atoms with Gasteiger partial charge in [-0.25, -0.2) is 0 Å². The van der Waals surface area contributed by atoms with Crippen molar-refractivity contribution in [2.24, 2.45) is 0 Å². The lowest BCUT2D eigenvalue weighted by Crippen LogP contribution is -2.34. The summed E-state index contributed by atoms with van der Waals surface area (Å²) in [6, 6.07) is 10.9. The Bertz CT molecular complexity index is 897. The third-order valence-electron chi connectivity index (χ3n) is 4.31. The van der Waals surface area contributed by atoms with E-state index in [9.17, 15) is 9.59 Å². The Morgan fingerprint density at radius 3 is 2.88 bits per heavy atom. The third kappa shape index (κ3) is 2.59. The van der Waals surface area contributed by atoms with Gasteiger partial charge in [-0.15, -0.1) is 11.3 Å². The third-order valence-corrected chi connectivity index (χ3v) is 5.29. The zero-order valence-electron chi connectivity index (χ0n) is 12.9. The van der Waals surface area contributed by atoms with Gasteiger partial charge >= 0.3 is 0 Å². The first kappa shape index (κ1) is 15.0. The number of amides is 1. The molecule has 6 heteroatoms. The predicted octanol–water partition coefficient (Wildman–Crippen LogP) is 3.67. The van der Waals surface area contributed by atoms with Crippen LogP contribution >= 0.6 is 11.3 Å². The number of hydrogen-bond donors (Lipinski definition) is 1. The van der Waals surface area contributed by atoms with Crippen LogP contribution in [0.3, 0.4) is 0 Å². The Kier molecular flexibility index (Phi) is 3.82. The molecule has 3 aromatic heterocycles. The zero-order chi connectivity index (χ0) is 16.5. The highest BCUT2D eigenvalue weighted by molar-refractivity contribution is 7.10. The summed E-state index contributed by atoms with van der Waals surface area (Å²) in [4.78, 5) is 31.0. The summed E-state index contributed by atoms with van der Waals surface area (Å²) < 4.78 is 5.28. The monoisotopic (exact) mass is 340 g/mol. The van der Waals surface area contributed by atoms with Crippen molar-refractivity contribution in [3.05, 3.63) is 68.8 Å². The Morgan fingerprint density at radius 2 is 2.17 bits per heavy atom. The maximum atomic E-state index is 12.9. The van der Waals surface area contributed by atoms with Gasteiger partial charge in [0.25, 0.3) is 11.5 Å². The van der Waals surface area contributed by atoms with E-state index in [1.54, 1.807) is 41.9 Å². The van der Waals surface area contributed by atoms with Gasteiger partial charge in [0.15, 0.2) is 0 Å². The van der Waals surface area contributed by atoms with E-state index in [1.807, 2.05) is 22.4 Å². The molecule has 24 heavy (non-hydrogen) atoms. The number of likely N-dealkylation sites (tertiary alicyclic amines) is 1. The number of nitrogens with one attached hydrogen (secondary N) is 1. The van der Waals surface area contributed by atoms with Crippen LogP contribution in [-0.4, -0.2) is 22.3 Å². The first-order valence-corrected chi connectivity index (χ1v) is 8.73. The van der Waals surface area contributed by atoms with Gasteiger partial charge in [0.2, 0.25) is 0 Å². The zero-order valence-corrected chi connectivity index (χ0v) is 13.7. The summed E-state index contributed by atoms with van der Waals surface area (Å²) >= 11 is 1.65. The molecule has 1 saturated heterocycles. The Balaban J connectivity index is 1.64. The highest BCUT2D eigenvalue weighted by Crippen LogP contribution is 2.35. The molecule has 1 N–H and O–H groups in total. The van der Waals surface area contributed by atoms with Crippen LogP contribution in [0.5, 0.6) is 0 Å². The number of rotatable bonds is 3. The van der Waals surface area contributed by atoms with Gasteiger partial charge in [-0.1, -0.05) is 6.07 Å².